The lowest BCUT2D eigenvalue weighted by atomic mass is 9.79. The number of hydrogen-bond acceptors (Lipinski definition) is 5. The number of halogens is 1. The zero-order valence-corrected chi connectivity index (χ0v) is 18.6. The Bertz CT molecular complexity index is 931. The van der Waals surface area contributed by atoms with Gasteiger partial charge in [0.1, 0.15) is 5.82 Å². The van der Waals surface area contributed by atoms with Crippen LogP contribution < -0.4 is 10.1 Å². The van der Waals surface area contributed by atoms with Gasteiger partial charge in [0.05, 0.1) is 18.7 Å². The number of amides is 1. The number of aliphatic hydroxyl groups is 1. The number of nitrogens with one attached hydrogen (secondary N) is 1. The van der Waals surface area contributed by atoms with Crippen LogP contribution in [-0.4, -0.2) is 64.6 Å². The van der Waals surface area contributed by atoms with Crippen LogP contribution in [0.4, 0.5) is 9.18 Å². The highest BCUT2D eigenvalue weighted by Gasteiger charge is 2.37. The molecule has 1 saturated heterocycles. The van der Waals surface area contributed by atoms with Gasteiger partial charge in [-0.2, -0.15) is 0 Å². The van der Waals surface area contributed by atoms with Gasteiger partial charge in [0.15, 0.2) is 0 Å². The number of benzene rings is 1. The molecular formula is C23H32FN3O4. The van der Waals surface area contributed by atoms with Gasteiger partial charge >= 0.3 is 6.09 Å². The Morgan fingerprint density at radius 1 is 1.35 bits per heavy atom. The lowest BCUT2D eigenvalue weighted by molar-refractivity contribution is 0.0126. The Morgan fingerprint density at radius 3 is 2.71 bits per heavy atom. The zero-order valence-electron chi connectivity index (χ0n) is 18.6. The third-order valence-electron chi connectivity index (χ3n) is 6.02. The van der Waals surface area contributed by atoms with Gasteiger partial charge in [0.25, 0.3) is 0 Å². The van der Waals surface area contributed by atoms with E-state index >= 15 is 0 Å². The van der Waals surface area contributed by atoms with Gasteiger partial charge in [-0.05, 0) is 36.5 Å². The van der Waals surface area contributed by atoms with Gasteiger partial charge in [-0.3, -0.25) is 4.90 Å². The van der Waals surface area contributed by atoms with Crippen LogP contribution in [0, 0.1) is 11.2 Å². The number of β-amino-alcohol motifs (C(OH)–C–C–N with tert-alkyl or cyclic N) is 1. The van der Waals surface area contributed by atoms with E-state index in [2.05, 4.69) is 36.0 Å². The molecule has 0 spiro atoms. The number of pyridine rings is 1. The minimum Gasteiger partial charge on any atom is -0.481 e. The summed E-state index contributed by atoms with van der Waals surface area (Å²) >= 11 is 0. The first-order valence-corrected chi connectivity index (χ1v) is 10.6. The zero-order chi connectivity index (χ0) is 22.8. The third-order valence-corrected chi connectivity index (χ3v) is 6.02. The predicted molar refractivity (Wildman–Crippen MR) is 117 cm³/mol. The number of piperidine rings is 1. The van der Waals surface area contributed by atoms with Crippen molar-refractivity contribution in [3.8, 4) is 5.88 Å². The molecule has 1 fully saturated rings. The number of ether oxygens (including phenoxy) is 1. The van der Waals surface area contributed by atoms with Gasteiger partial charge in [-0.25, -0.2) is 14.2 Å². The smallest absolute Gasteiger partial charge is 0.404 e. The van der Waals surface area contributed by atoms with Gasteiger partial charge in [-0.1, -0.05) is 20.8 Å². The van der Waals surface area contributed by atoms with Crippen molar-refractivity contribution in [2.24, 2.45) is 5.41 Å². The molecule has 1 aliphatic rings. The molecule has 2 aromatic rings. The largest absolute Gasteiger partial charge is 0.481 e. The molecule has 3 rings (SSSR count). The molecule has 170 valence electrons. The maximum atomic E-state index is 14.7. The highest BCUT2D eigenvalue weighted by molar-refractivity contribution is 5.82. The van der Waals surface area contributed by atoms with E-state index in [0.29, 0.717) is 42.9 Å². The number of likely N-dealkylation sites (tertiary alicyclic amines) is 1. The topological polar surface area (TPSA) is 94.9 Å². The number of fused-ring (bicyclic) bond motifs is 1. The highest BCUT2D eigenvalue weighted by Crippen LogP contribution is 2.32. The normalized spacial score (nSPS) is 21.1. The average molecular weight is 434 g/mol. The molecule has 1 amide bonds. The first kappa shape index (κ1) is 23.2. The molecule has 2 heterocycles. The van der Waals surface area contributed by atoms with Crippen molar-refractivity contribution >= 4 is 17.0 Å². The molecule has 3 N–H and O–H groups in total. The predicted octanol–water partition coefficient (Wildman–Crippen LogP) is 3.43. The van der Waals surface area contributed by atoms with Crippen molar-refractivity contribution in [2.45, 2.75) is 58.2 Å². The summed E-state index contributed by atoms with van der Waals surface area (Å²) < 4.78 is 19.8. The number of aliphatic hydroxyl groups excluding tert-OH is 1. The second-order valence-corrected chi connectivity index (χ2v) is 9.36. The minimum atomic E-state index is -1.01. The van der Waals surface area contributed by atoms with E-state index in [1.54, 1.807) is 12.1 Å². The Balaban J connectivity index is 1.77. The van der Waals surface area contributed by atoms with E-state index in [0.717, 1.165) is 5.39 Å². The Labute approximate surface area is 182 Å². The number of aromatic nitrogens is 1. The van der Waals surface area contributed by atoms with Crippen LogP contribution in [0.15, 0.2) is 24.3 Å². The SMILES string of the molecule is COc1ccc2ccc(F)c(CC(O)CN3CCC(NC(=O)O)CC3C(C)(C)C)c2n1. The monoisotopic (exact) mass is 433 g/mol. The van der Waals surface area contributed by atoms with Crippen LogP contribution in [0.2, 0.25) is 0 Å². The molecule has 1 aromatic heterocycles. The molecule has 0 aliphatic carbocycles. The van der Waals surface area contributed by atoms with Gasteiger partial charge < -0.3 is 20.3 Å². The summed E-state index contributed by atoms with van der Waals surface area (Å²) in [6.07, 6.45) is -0.327. The minimum absolute atomic E-state index is 0.0864. The molecule has 3 unspecified atom stereocenters. The summed E-state index contributed by atoms with van der Waals surface area (Å²) in [6.45, 7) is 7.37. The second kappa shape index (κ2) is 9.36. The van der Waals surface area contributed by atoms with Crippen LogP contribution in [0.5, 0.6) is 5.88 Å². The summed E-state index contributed by atoms with van der Waals surface area (Å²) in [7, 11) is 1.51. The van der Waals surface area contributed by atoms with E-state index in [4.69, 9.17) is 9.84 Å². The number of carbonyl (C=O) groups is 1. The van der Waals surface area contributed by atoms with E-state index in [9.17, 15) is 14.3 Å². The average Bonchev–Trinajstić information content (AvgIpc) is 2.69. The van der Waals surface area contributed by atoms with Crippen molar-refractivity contribution in [1.29, 1.82) is 0 Å². The highest BCUT2D eigenvalue weighted by atomic mass is 19.1. The molecule has 3 atom stereocenters. The Hall–Kier alpha value is -2.45. The molecule has 0 bridgehead atoms. The van der Waals surface area contributed by atoms with Gasteiger partial charge in [0.2, 0.25) is 5.88 Å². The first-order valence-electron chi connectivity index (χ1n) is 10.6. The lowest BCUT2D eigenvalue weighted by Crippen LogP contribution is -2.56. The van der Waals surface area contributed by atoms with E-state index in [1.165, 1.54) is 13.2 Å². The van der Waals surface area contributed by atoms with Crippen molar-refractivity contribution < 1.29 is 24.1 Å². The molecule has 0 saturated carbocycles. The van der Waals surface area contributed by atoms with E-state index < -0.39 is 18.0 Å². The van der Waals surface area contributed by atoms with Crippen molar-refractivity contribution in [3.63, 3.8) is 0 Å². The number of rotatable bonds is 6. The summed E-state index contributed by atoms with van der Waals surface area (Å²) in [4.78, 5) is 17.6. The van der Waals surface area contributed by atoms with E-state index in [-0.39, 0.29) is 23.9 Å². The van der Waals surface area contributed by atoms with Crippen LogP contribution >= 0.6 is 0 Å². The number of hydrogen-bond donors (Lipinski definition) is 3. The Morgan fingerprint density at radius 2 is 2.06 bits per heavy atom. The molecule has 7 nitrogen and oxygen atoms in total. The fraction of sp³-hybridized carbons (Fsp3) is 0.565. The van der Waals surface area contributed by atoms with Crippen molar-refractivity contribution in [3.05, 3.63) is 35.6 Å². The summed E-state index contributed by atoms with van der Waals surface area (Å²) in [5.74, 6) is -0.00122. The molecule has 31 heavy (non-hydrogen) atoms. The standard InChI is InChI=1S/C23H32FN3O4/c1-23(2,3)19-11-15(25-22(29)30)9-10-27(19)13-16(28)12-17-18(24)7-5-14-6-8-20(31-4)26-21(14)17/h5-8,15-16,19,25,28H,9-13H2,1-4H3,(H,29,30). The van der Waals surface area contributed by atoms with Crippen molar-refractivity contribution in [2.75, 3.05) is 20.2 Å². The quantitative estimate of drug-likeness (QED) is 0.646. The van der Waals surface area contributed by atoms with Gasteiger partial charge in [-0.15, -0.1) is 0 Å². The van der Waals surface area contributed by atoms with E-state index in [1.807, 2.05) is 6.07 Å². The number of nitrogens with zero attached hydrogens (tertiary/aromatic N) is 2. The maximum Gasteiger partial charge on any atom is 0.404 e. The maximum absolute atomic E-state index is 14.7. The molecule has 1 aliphatic heterocycles. The summed E-state index contributed by atoms with van der Waals surface area (Å²) in [6, 6.07) is 6.60. The number of carboxylic acid groups (broad SMARTS) is 1. The molecule has 1 aromatic carbocycles. The fourth-order valence-electron chi connectivity index (χ4n) is 4.52. The molecular weight excluding hydrogens is 401 g/mol. The first-order chi connectivity index (χ1) is 14.6. The van der Waals surface area contributed by atoms with Crippen molar-refractivity contribution in [1.82, 2.24) is 15.2 Å². The second-order valence-electron chi connectivity index (χ2n) is 9.36. The molecule has 0 radical (unpaired) electrons. The summed E-state index contributed by atoms with van der Waals surface area (Å²) in [5, 5.41) is 23.3. The van der Waals surface area contributed by atoms with Crippen LogP contribution in [0.3, 0.4) is 0 Å². The van der Waals surface area contributed by atoms with Gasteiger partial charge in [0, 0.05) is 48.6 Å². The van der Waals surface area contributed by atoms with Crippen LogP contribution in [0.25, 0.3) is 10.9 Å². The lowest BCUT2D eigenvalue weighted by Gasteiger charge is -2.46. The van der Waals surface area contributed by atoms with Crippen LogP contribution in [-0.2, 0) is 6.42 Å². The number of methoxy groups -OCH3 is 1. The fourth-order valence-corrected chi connectivity index (χ4v) is 4.52. The van der Waals surface area contributed by atoms with Crippen LogP contribution in [0.1, 0.15) is 39.2 Å². The Kier molecular flexibility index (Phi) is 7.01. The summed E-state index contributed by atoms with van der Waals surface area (Å²) in [5.41, 5.74) is 0.770. The molecule has 8 heteroatoms. The third kappa shape index (κ3) is 5.62.